The maximum Gasteiger partial charge on any atom is 0.313 e. The number of likely N-dealkylation sites (N-methyl/N-ethyl adjacent to an activating group) is 1. The molecule has 32 heavy (non-hydrogen) atoms. The lowest BCUT2D eigenvalue weighted by Gasteiger charge is -2.30. The van der Waals surface area contributed by atoms with E-state index in [1.807, 2.05) is 25.8 Å². The largest absolute Gasteiger partial charge is 0.481 e. The maximum atomic E-state index is 10.9. The normalized spacial score (nSPS) is 16.0. The fraction of sp³-hybridized carbons (Fsp3) is 0.480. The Bertz CT molecular complexity index is 849. The third-order valence-corrected chi connectivity index (χ3v) is 8.14. The van der Waals surface area contributed by atoms with Crippen molar-refractivity contribution in [3.05, 3.63) is 48.0 Å². The second kappa shape index (κ2) is 14.1. The fourth-order valence-electron chi connectivity index (χ4n) is 3.65. The lowest BCUT2D eigenvalue weighted by Crippen LogP contribution is -2.35. The van der Waals surface area contributed by atoms with Gasteiger partial charge in [0.2, 0.25) is 0 Å². The van der Waals surface area contributed by atoms with Crippen LogP contribution in [0.1, 0.15) is 45.6 Å². The molecule has 0 fully saturated rings. The summed E-state index contributed by atoms with van der Waals surface area (Å²) in [6, 6.07) is 15.7. The van der Waals surface area contributed by atoms with Crippen LogP contribution in [0, 0.1) is 0 Å². The highest BCUT2D eigenvalue weighted by Gasteiger charge is 2.28. The first-order valence-corrected chi connectivity index (χ1v) is 14.4. The summed E-state index contributed by atoms with van der Waals surface area (Å²) in [5.74, 6) is 0.0845. The van der Waals surface area contributed by atoms with Crippen molar-refractivity contribution < 1.29 is 9.90 Å². The average molecular weight is 493 g/mol. The molecule has 4 nitrogen and oxygen atoms in total. The van der Waals surface area contributed by atoms with Gasteiger partial charge in [-0.2, -0.15) is 0 Å². The van der Waals surface area contributed by atoms with Crippen molar-refractivity contribution in [2.45, 2.75) is 61.6 Å². The van der Waals surface area contributed by atoms with Crippen LogP contribution in [-0.2, 0) is 10.5 Å². The van der Waals surface area contributed by atoms with Gasteiger partial charge in [-0.1, -0.05) is 51.8 Å². The Hall–Kier alpha value is -1.28. The van der Waals surface area contributed by atoms with Gasteiger partial charge >= 0.3 is 5.97 Å². The number of anilines is 2. The van der Waals surface area contributed by atoms with Gasteiger partial charge in [0.1, 0.15) is 0 Å². The Labute approximate surface area is 206 Å². The zero-order valence-electron chi connectivity index (χ0n) is 19.8. The van der Waals surface area contributed by atoms with Gasteiger partial charge in [0.05, 0.1) is 11.4 Å². The van der Waals surface area contributed by atoms with Gasteiger partial charge in [0.25, 0.3) is 0 Å². The summed E-state index contributed by atoms with van der Waals surface area (Å²) >= 11 is 5.02. The Morgan fingerprint density at radius 2 is 1.94 bits per heavy atom. The summed E-state index contributed by atoms with van der Waals surface area (Å²) in [5, 5.41) is 9.00. The number of nitrogens with zero attached hydrogens (tertiary/aromatic N) is 2. The summed E-state index contributed by atoms with van der Waals surface area (Å²) in [7, 11) is 2.20. The second-order valence-electron chi connectivity index (χ2n) is 7.40. The number of hydrogen-bond donors (Lipinski definition) is 1. The summed E-state index contributed by atoms with van der Waals surface area (Å²) in [5.41, 5.74) is 3.68. The van der Waals surface area contributed by atoms with Crippen LogP contribution in [0.25, 0.3) is 0 Å². The second-order valence-corrected chi connectivity index (χ2v) is 10.4. The quantitative estimate of drug-likeness (QED) is 0.289. The van der Waals surface area contributed by atoms with Gasteiger partial charge in [-0.3, -0.25) is 4.79 Å². The van der Waals surface area contributed by atoms with E-state index in [0.29, 0.717) is 11.8 Å². The highest BCUT2D eigenvalue weighted by atomic mass is 32.2. The smallest absolute Gasteiger partial charge is 0.313 e. The van der Waals surface area contributed by atoms with Crippen LogP contribution < -0.4 is 4.90 Å². The molecule has 1 atom stereocenters. The molecule has 0 radical (unpaired) electrons. The van der Waals surface area contributed by atoms with Crippen LogP contribution in [0.2, 0.25) is 0 Å². The van der Waals surface area contributed by atoms with Gasteiger partial charge in [-0.15, -0.1) is 23.5 Å². The van der Waals surface area contributed by atoms with Crippen LogP contribution in [-0.4, -0.2) is 47.0 Å². The van der Waals surface area contributed by atoms with Gasteiger partial charge in [-0.25, -0.2) is 4.31 Å². The van der Waals surface area contributed by atoms with E-state index >= 15 is 0 Å². The number of hydrogen-bond acceptors (Lipinski definition) is 6. The molecule has 0 spiro atoms. The predicted molar refractivity (Wildman–Crippen MR) is 144 cm³/mol. The van der Waals surface area contributed by atoms with E-state index in [9.17, 15) is 4.79 Å². The fourth-order valence-corrected chi connectivity index (χ4v) is 6.18. The molecule has 1 aliphatic rings. The van der Waals surface area contributed by atoms with Gasteiger partial charge in [0.15, 0.2) is 0 Å². The highest BCUT2D eigenvalue weighted by molar-refractivity contribution is 7.99. The topological polar surface area (TPSA) is 43.8 Å². The van der Waals surface area contributed by atoms with Crippen LogP contribution in [0.4, 0.5) is 11.4 Å². The van der Waals surface area contributed by atoms with E-state index in [1.54, 1.807) is 11.8 Å². The van der Waals surface area contributed by atoms with E-state index < -0.39 is 5.97 Å². The van der Waals surface area contributed by atoms with Crippen LogP contribution >= 0.6 is 35.5 Å². The molecule has 2 aromatic rings. The molecular weight excluding hydrogens is 456 g/mol. The SMILES string of the molecule is CC.CCCC[C@H]1CN(c2ccccc2)c2cc(SC)c(CSCC(=O)O)cc2SN1C. The predicted octanol–water partition coefficient (Wildman–Crippen LogP) is 7.40. The molecule has 0 aromatic heterocycles. The van der Waals surface area contributed by atoms with E-state index in [2.05, 4.69) is 71.9 Å². The molecule has 2 aromatic carbocycles. The molecule has 176 valence electrons. The summed E-state index contributed by atoms with van der Waals surface area (Å²) in [6.45, 7) is 7.21. The van der Waals surface area contributed by atoms with Crippen LogP contribution in [0.5, 0.6) is 0 Å². The average Bonchev–Trinajstić information content (AvgIpc) is 2.94. The minimum Gasteiger partial charge on any atom is -0.481 e. The lowest BCUT2D eigenvalue weighted by atomic mass is 10.1. The first-order chi connectivity index (χ1) is 15.5. The van der Waals surface area contributed by atoms with E-state index in [1.165, 1.54) is 57.8 Å². The van der Waals surface area contributed by atoms with Crippen molar-refractivity contribution in [1.82, 2.24) is 4.31 Å². The van der Waals surface area contributed by atoms with Crippen molar-refractivity contribution in [2.24, 2.45) is 0 Å². The lowest BCUT2D eigenvalue weighted by molar-refractivity contribution is -0.133. The number of carbonyl (C=O) groups is 1. The molecule has 1 N–H and O–H groups in total. The molecule has 0 unspecified atom stereocenters. The van der Waals surface area contributed by atoms with E-state index in [-0.39, 0.29) is 5.75 Å². The Balaban J connectivity index is 0.00000176. The van der Waals surface area contributed by atoms with E-state index in [4.69, 9.17) is 5.11 Å². The summed E-state index contributed by atoms with van der Waals surface area (Å²) in [4.78, 5) is 15.9. The monoisotopic (exact) mass is 492 g/mol. The molecule has 0 bridgehead atoms. The Morgan fingerprint density at radius 1 is 1.22 bits per heavy atom. The van der Waals surface area contributed by atoms with Gasteiger partial charge in [-0.05, 0) is 61.5 Å². The van der Waals surface area contributed by atoms with Gasteiger partial charge < -0.3 is 10.0 Å². The van der Waals surface area contributed by atoms with Crippen molar-refractivity contribution in [3.63, 3.8) is 0 Å². The number of carboxylic acids is 1. The molecule has 1 heterocycles. The first-order valence-electron chi connectivity index (χ1n) is 11.3. The third kappa shape index (κ3) is 7.37. The third-order valence-electron chi connectivity index (χ3n) is 5.24. The molecule has 0 saturated carbocycles. The number of para-hydroxylation sites is 1. The van der Waals surface area contributed by atoms with Crippen LogP contribution in [0.15, 0.2) is 52.3 Å². The number of carboxylic acid groups (broad SMARTS) is 1. The minimum absolute atomic E-state index is 0.132. The standard InChI is InChI=1S/C23H30N2O2S3.C2H6/c1-4-5-9-19-14-25(18-10-7-6-8-11-18)20-13-21(28-3)17(15-29-16-23(26)27)12-22(20)30-24(19)2;1-2/h6-8,10-13,19H,4-5,9,14-16H2,1-3H3,(H,26,27);1-2H3/t19-;/m0./s1. The zero-order valence-corrected chi connectivity index (χ0v) is 22.3. The number of aliphatic carboxylic acids is 1. The molecular formula is C25H36N2O2S3. The Morgan fingerprint density at radius 3 is 2.56 bits per heavy atom. The van der Waals surface area contributed by atoms with Gasteiger partial charge in [0, 0.05) is 33.8 Å². The highest BCUT2D eigenvalue weighted by Crippen LogP contribution is 2.44. The number of rotatable bonds is 9. The van der Waals surface area contributed by atoms with Crippen molar-refractivity contribution in [2.75, 3.05) is 30.5 Å². The molecule has 0 saturated heterocycles. The number of benzene rings is 2. The summed E-state index contributed by atoms with van der Waals surface area (Å²) in [6.07, 6.45) is 5.70. The van der Waals surface area contributed by atoms with Crippen LogP contribution in [0.3, 0.4) is 0 Å². The molecule has 7 heteroatoms. The minimum atomic E-state index is -0.761. The summed E-state index contributed by atoms with van der Waals surface area (Å²) < 4.78 is 2.41. The zero-order chi connectivity index (χ0) is 23.5. The van der Waals surface area contributed by atoms with Crippen molar-refractivity contribution in [3.8, 4) is 0 Å². The molecule has 0 aliphatic carbocycles. The molecule has 0 amide bonds. The van der Waals surface area contributed by atoms with Crippen molar-refractivity contribution in [1.29, 1.82) is 0 Å². The first kappa shape index (κ1) is 27.0. The number of fused-ring (bicyclic) bond motifs is 1. The molecule has 3 rings (SSSR count). The number of unbranched alkanes of at least 4 members (excludes halogenated alkanes) is 1. The Kier molecular flexibility index (Phi) is 11.9. The van der Waals surface area contributed by atoms with Crippen molar-refractivity contribution >= 4 is 52.8 Å². The number of thioether (sulfide) groups is 2. The maximum absolute atomic E-state index is 10.9. The molecule has 1 aliphatic heterocycles. The van der Waals surface area contributed by atoms with E-state index in [0.717, 1.165) is 6.54 Å².